The second kappa shape index (κ2) is 3.83. The predicted octanol–water partition coefficient (Wildman–Crippen LogP) is 2.13. The Labute approximate surface area is 112 Å². The Morgan fingerprint density at radius 3 is 2.42 bits per heavy atom. The predicted molar refractivity (Wildman–Crippen MR) is 71.1 cm³/mol. The molecule has 4 nitrogen and oxygen atoms in total. The van der Waals surface area contributed by atoms with E-state index in [0.717, 1.165) is 16.8 Å². The van der Waals surface area contributed by atoms with Gasteiger partial charge in [0.25, 0.3) is 0 Å². The Hall–Kier alpha value is -1.84. The molecule has 2 atom stereocenters. The lowest BCUT2D eigenvalue weighted by Gasteiger charge is -2.37. The van der Waals surface area contributed by atoms with Crippen molar-refractivity contribution in [1.82, 2.24) is 0 Å². The molecule has 1 aliphatic heterocycles. The number of anilines is 1. The van der Waals surface area contributed by atoms with Gasteiger partial charge < -0.3 is 10.0 Å². The van der Waals surface area contributed by atoms with Gasteiger partial charge in [-0.1, -0.05) is 18.2 Å². The standard InChI is InChI=1S/C15H17NO3/c1-9-4-3-5-10(2)12(9)16-8-15(14(18)19)7-6-11(15)13(16)17/h3-5,11H,6-8H2,1-2H3,(H,18,19)/t11-,15-/m1/s1. The van der Waals surface area contributed by atoms with Gasteiger partial charge in [0.05, 0.1) is 11.3 Å². The van der Waals surface area contributed by atoms with Crippen LogP contribution in [0.25, 0.3) is 0 Å². The lowest BCUT2D eigenvalue weighted by atomic mass is 9.62. The molecule has 0 radical (unpaired) electrons. The average Bonchev–Trinajstić information content (AvgIpc) is 2.48. The number of carbonyl (C=O) groups is 2. The smallest absolute Gasteiger partial charge is 0.312 e. The zero-order valence-corrected chi connectivity index (χ0v) is 11.1. The zero-order chi connectivity index (χ0) is 13.8. The zero-order valence-electron chi connectivity index (χ0n) is 11.1. The van der Waals surface area contributed by atoms with Crippen LogP contribution in [0.2, 0.25) is 0 Å². The molecule has 2 aliphatic rings. The number of nitrogens with zero attached hydrogens (tertiary/aromatic N) is 1. The summed E-state index contributed by atoms with van der Waals surface area (Å²) in [6.45, 7) is 4.24. The van der Waals surface area contributed by atoms with Crippen molar-refractivity contribution in [2.75, 3.05) is 11.4 Å². The summed E-state index contributed by atoms with van der Waals surface area (Å²) < 4.78 is 0. The molecule has 1 saturated heterocycles. The van der Waals surface area contributed by atoms with Crippen LogP contribution in [0.1, 0.15) is 24.0 Å². The highest BCUT2D eigenvalue weighted by molar-refractivity contribution is 6.04. The Morgan fingerprint density at radius 2 is 2.00 bits per heavy atom. The van der Waals surface area contributed by atoms with Gasteiger partial charge in [-0.25, -0.2) is 0 Å². The number of carbonyl (C=O) groups excluding carboxylic acids is 1. The lowest BCUT2D eigenvalue weighted by molar-refractivity contribution is -0.159. The number of aryl methyl sites for hydroxylation is 2. The molecule has 1 amide bonds. The van der Waals surface area contributed by atoms with Crippen LogP contribution in [0.4, 0.5) is 5.69 Å². The van der Waals surface area contributed by atoms with Crippen molar-refractivity contribution in [3.63, 3.8) is 0 Å². The van der Waals surface area contributed by atoms with Crippen LogP contribution >= 0.6 is 0 Å². The number of aliphatic carboxylic acids is 1. The molecule has 1 aromatic rings. The molecular weight excluding hydrogens is 242 g/mol. The molecular formula is C15H17NO3. The van der Waals surface area contributed by atoms with E-state index >= 15 is 0 Å². The van der Waals surface area contributed by atoms with E-state index in [-0.39, 0.29) is 11.8 Å². The molecule has 19 heavy (non-hydrogen) atoms. The Morgan fingerprint density at radius 1 is 1.37 bits per heavy atom. The fraction of sp³-hybridized carbons (Fsp3) is 0.467. The van der Waals surface area contributed by atoms with Crippen LogP contribution in [0.5, 0.6) is 0 Å². The molecule has 1 saturated carbocycles. The van der Waals surface area contributed by atoms with Gasteiger partial charge >= 0.3 is 5.97 Å². The van der Waals surface area contributed by atoms with Gasteiger partial charge in [0, 0.05) is 12.2 Å². The first kappa shape index (κ1) is 12.2. The Balaban J connectivity index is 2.04. The van der Waals surface area contributed by atoms with E-state index in [1.165, 1.54) is 0 Å². The molecule has 0 aromatic heterocycles. The summed E-state index contributed by atoms with van der Waals surface area (Å²) in [6.07, 6.45) is 1.31. The van der Waals surface area contributed by atoms with Crippen molar-refractivity contribution in [2.45, 2.75) is 26.7 Å². The van der Waals surface area contributed by atoms with Crippen molar-refractivity contribution < 1.29 is 14.7 Å². The molecule has 2 fully saturated rings. The molecule has 1 aliphatic carbocycles. The number of fused-ring (bicyclic) bond motifs is 1. The van der Waals surface area contributed by atoms with Crippen LogP contribution in [-0.4, -0.2) is 23.5 Å². The van der Waals surface area contributed by atoms with Crippen molar-refractivity contribution in [2.24, 2.45) is 11.3 Å². The molecule has 1 heterocycles. The van der Waals surface area contributed by atoms with Crippen molar-refractivity contribution >= 4 is 17.6 Å². The minimum Gasteiger partial charge on any atom is -0.481 e. The summed E-state index contributed by atoms with van der Waals surface area (Å²) in [4.78, 5) is 25.6. The molecule has 0 spiro atoms. The monoisotopic (exact) mass is 259 g/mol. The molecule has 1 N–H and O–H groups in total. The summed E-state index contributed by atoms with van der Waals surface area (Å²) in [5.74, 6) is -1.18. The quantitative estimate of drug-likeness (QED) is 0.885. The van der Waals surface area contributed by atoms with Crippen molar-refractivity contribution in [3.8, 4) is 0 Å². The summed E-state index contributed by atoms with van der Waals surface area (Å²) in [7, 11) is 0. The van der Waals surface area contributed by atoms with E-state index in [9.17, 15) is 14.7 Å². The Bertz CT molecular complexity index is 561. The fourth-order valence-electron chi connectivity index (χ4n) is 3.48. The van der Waals surface area contributed by atoms with E-state index in [2.05, 4.69) is 0 Å². The first-order valence-electron chi connectivity index (χ1n) is 6.58. The summed E-state index contributed by atoms with van der Waals surface area (Å²) >= 11 is 0. The van der Waals surface area contributed by atoms with Gasteiger partial charge in [-0.15, -0.1) is 0 Å². The minimum absolute atomic E-state index is 0.0222. The lowest BCUT2D eigenvalue weighted by Crippen LogP contribution is -2.46. The number of hydrogen-bond acceptors (Lipinski definition) is 2. The normalized spacial score (nSPS) is 29.1. The number of rotatable bonds is 2. The van der Waals surface area contributed by atoms with Gasteiger partial charge in [-0.05, 0) is 37.8 Å². The molecule has 0 bridgehead atoms. The molecule has 1 aromatic carbocycles. The van der Waals surface area contributed by atoms with Crippen molar-refractivity contribution in [3.05, 3.63) is 29.3 Å². The third kappa shape index (κ3) is 1.46. The maximum Gasteiger partial charge on any atom is 0.312 e. The van der Waals surface area contributed by atoms with Crippen LogP contribution < -0.4 is 4.90 Å². The van der Waals surface area contributed by atoms with E-state index < -0.39 is 11.4 Å². The molecule has 4 heteroatoms. The largest absolute Gasteiger partial charge is 0.481 e. The Kier molecular flexibility index (Phi) is 2.46. The molecule has 100 valence electrons. The third-order valence-electron chi connectivity index (χ3n) is 4.69. The molecule has 0 unspecified atom stereocenters. The van der Waals surface area contributed by atoms with E-state index in [4.69, 9.17) is 0 Å². The second-order valence-corrected chi connectivity index (χ2v) is 5.72. The topological polar surface area (TPSA) is 57.6 Å². The summed E-state index contributed by atoms with van der Waals surface area (Å²) in [6, 6.07) is 5.88. The first-order chi connectivity index (χ1) is 8.97. The number of carboxylic acid groups (broad SMARTS) is 1. The second-order valence-electron chi connectivity index (χ2n) is 5.72. The number of benzene rings is 1. The van der Waals surface area contributed by atoms with Crippen LogP contribution in [0.3, 0.4) is 0 Å². The van der Waals surface area contributed by atoms with Gasteiger partial charge in [0.15, 0.2) is 0 Å². The minimum atomic E-state index is -0.841. The van der Waals surface area contributed by atoms with Crippen LogP contribution in [-0.2, 0) is 9.59 Å². The van der Waals surface area contributed by atoms with Gasteiger partial charge in [0.1, 0.15) is 0 Å². The van der Waals surface area contributed by atoms with E-state index in [1.54, 1.807) is 4.90 Å². The first-order valence-corrected chi connectivity index (χ1v) is 6.58. The summed E-state index contributed by atoms with van der Waals surface area (Å²) in [5.41, 5.74) is 2.10. The van der Waals surface area contributed by atoms with Gasteiger partial charge in [-0.3, -0.25) is 9.59 Å². The average molecular weight is 259 g/mol. The summed E-state index contributed by atoms with van der Waals surface area (Å²) in [5, 5.41) is 9.44. The van der Waals surface area contributed by atoms with E-state index in [0.29, 0.717) is 19.4 Å². The number of hydrogen-bond donors (Lipinski definition) is 1. The fourth-order valence-corrected chi connectivity index (χ4v) is 3.48. The highest BCUT2D eigenvalue weighted by Gasteiger charge is 2.63. The van der Waals surface area contributed by atoms with Crippen LogP contribution in [0.15, 0.2) is 18.2 Å². The third-order valence-corrected chi connectivity index (χ3v) is 4.69. The number of carboxylic acids is 1. The number of para-hydroxylation sites is 1. The van der Waals surface area contributed by atoms with Crippen molar-refractivity contribution in [1.29, 1.82) is 0 Å². The SMILES string of the molecule is Cc1cccc(C)c1N1C[C@]2(C(=O)O)CC[C@@H]2C1=O. The molecule has 3 rings (SSSR count). The maximum absolute atomic E-state index is 12.4. The van der Waals surface area contributed by atoms with E-state index in [1.807, 2.05) is 32.0 Å². The highest BCUT2D eigenvalue weighted by atomic mass is 16.4. The van der Waals surface area contributed by atoms with Gasteiger partial charge in [-0.2, -0.15) is 0 Å². The highest BCUT2D eigenvalue weighted by Crippen LogP contribution is 2.54. The van der Waals surface area contributed by atoms with Gasteiger partial charge in [0.2, 0.25) is 5.91 Å². The van der Waals surface area contributed by atoms with Crippen LogP contribution in [0, 0.1) is 25.2 Å². The maximum atomic E-state index is 12.4. The number of amides is 1.